The number of hydrogen-bond donors (Lipinski definition) is 1. The highest BCUT2D eigenvalue weighted by Gasteiger charge is 2.46. The largest absolute Gasteiger partial charge is 0.490 e. The van der Waals surface area contributed by atoms with Crippen molar-refractivity contribution in [1.82, 2.24) is 5.32 Å². The first-order chi connectivity index (χ1) is 9.61. The summed E-state index contributed by atoms with van der Waals surface area (Å²) in [6, 6.07) is 10.4. The molecule has 1 saturated carbocycles. The number of rotatable bonds is 7. The van der Waals surface area contributed by atoms with E-state index in [0.29, 0.717) is 12.5 Å². The summed E-state index contributed by atoms with van der Waals surface area (Å²) in [6.45, 7) is 3.21. The van der Waals surface area contributed by atoms with Gasteiger partial charge < -0.3 is 9.64 Å². The monoisotopic (exact) mass is 273 g/mol. The van der Waals surface area contributed by atoms with Gasteiger partial charge in [0, 0.05) is 25.8 Å². The van der Waals surface area contributed by atoms with Crippen molar-refractivity contribution in [3.63, 3.8) is 0 Å². The van der Waals surface area contributed by atoms with Crippen LogP contribution in [-0.2, 0) is 0 Å². The third kappa shape index (κ3) is 3.23. The molecule has 0 saturated heterocycles. The van der Waals surface area contributed by atoms with Crippen molar-refractivity contribution in [3.8, 4) is 11.8 Å². The highest BCUT2D eigenvalue weighted by atomic mass is 16.5. The van der Waals surface area contributed by atoms with Crippen LogP contribution in [0.1, 0.15) is 19.8 Å². The maximum atomic E-state index is 9.54. The lowest BCUT2D eigenvalue weighted by Gasteiger charge is -2.27. The summed E-state index contributed by atoms with van der Waals surface area (Å²) >= 11 is 0. The maximum Gasteiger partial charge on any atom is 0.143 e. The van der Waals surface area contributed by atoms with Gasteiger partial charge in [-0.1, -0.05) is 13.0 Å². The van der Waals surface area contributed by atoms with E-state index in [-0.39, 0.29) is 0 Å². The standard InChI is InChI=1S/C16H23N3O/c1-4-18-16(11-17,13-8-9-13)12-20-15-7-5-6-14(10-15)19(2)3/h5-7,10,13,18H,4,8-9,12H2,1-3H3. The highest BCUT2D eigenvalue weighted by molar-refractivity contribution is 5.49. The number of likely N-dealkylation sites (N-methyl/N-ethyl adjacent to an activating group) is 1. The molecule has 0 radical (unpaired) electrons. The SMILES string of the molecule is CCNC(C#N)(COc1cccc(N(C)C)c1)C1CC1. The van der Waals surface area contributed by atoms with Gasteiger partial charge in [0.05, 0.1) is 6.07 Å². The van der Waals surface area contributed by atoms with Gasteiger partial charge in [-0.2, -0.15) is 5.26 Å². The Kier molecular flexibility index (Phi) is 4.51. The molecule has 1 N–H and O–H groups in total. The van der Waals surface area contributed by atoms with Crippen LogP contribution in [0.2, 0.25) is 0 Å². The molecular formula is C16H23N3O. The Balaban J connectivity index is 2.06. The van der Waals surface area contributed by atoms with E-state index in [2.05, 4.69) is 11.4 Å². The molecule has 1 aliphatic carbocycles. The van der Waals surface area contributed by atoms with Crippen molar-refractivity contribution in [1.29, 1.82) is 5.26 Å². The van der Waals surface area contributed by atoms with E-state index in [1.165, 1.54) is 0 Å². The predicted molar refractivity (Wildman–Crippen MR) is 81.0 cm³/mol. The average molecular weight is 273 g/mol. The van der Waals surface area contributed by atoms with Crippen LogP contribution in [0.25, 0.3) is 0 Å². The molecule has 4 heteroatoms. The van der Waals surface area contributed by atoms with Gasteiger partial charge in [0.1, 0.15) is 17.9 Å². The van der Waals surface area contributed by atoms with Gasteiger partial charge in [-0.3, -0.25) is 5.32 Å². The Hall–Kier alpha value is -1.73. The third-order valence-electron chi connectivity index (χ3n) is 3.77. The van der Waals surface area contributed by atoms with Crippen LogP contribution in [0.3, 0.4) is 0 Å². The molecule has 0 aromatic heterocycles. The van der Waals surface area contributed by atoms with Crippen molar-refractivity contribution in [2.24, 2.45) is 5.92 Å². The molecule has 108 valence electrons. The van der Waals surface area contributed by atoms with Gasteiger partial charge in [0.25, 0.3) is 0 Å². The fourth-order valence-electron chi connectivity index (χ4n) is 2.42. The molecular weight excluding hydrogens is 250 g/mol. The number of hydrogen-bond acceptors (Lipinski definition) is 4. The van der Waals surface area contributed by atoms with E-state index >= 15 is 0 Å². The molecule has 1 atom stereocenters. The number of benzene rings is 1. The van der Waals surface area contributed by atoms with Crippen LogP contribution in [-0.4, -0.2) is 32.8 Å². The van der Waals surface area contributed by atoms with Crippen molar-refractivity contribution in [2.75, 3.05) is 32.1 Å². The molecule has 2 rings (SSSR count). The summed E-state index contributed by atoms with van der Waals surface area (Å²) in [5, 5.41) is 12.9. The first-order valence-electron chi connectivity index (χ1n) is 7.18. The van der Waals surface area contributed by atoms with Crippen molar-refractivity contribution in [3.05, 3.63) is 24.3 Å². The molecule has 1 fully saturated rings. The first kappa shape index (κ1) is 14.7. The summed E-state index contributed by atoms with van der Waals surface area (Å²) in [6.07, 6.45) is 2.23. The van der Waals surface area contributed by atoms with Crippen molar-refractivity contribution < 1.29 is 4.74 Å². The molecule has 0 heterocycles. The number of nitrogens with one attached hydrogen (secondary N) is 1. The smallest absolute Gasteiger partial charge is 0.143 e. The Bertz CT molecular complexity index is 491. The molecule has 20 heavy (non-hydrogen) atoms. The fourth-order valence-corrected chi connectivity index (χ4v) is 2.42. The van der Waals surface area contributed by atoms with Crippen LogP contribution in [0, 0.1) is 17.2 Å². The maximum absolute atomic E-state index is 9.54. The van der Waals surface area contributed by atoms with E-state index in [1.54, 1.807) is 0 Å². The summed E-state index contributed by atoms with van der Waals surface area (Å²) in [7, 11) is 4.00. The van der Waals surface area contributed by atoms with Gasteiger partial charge in [-0.15, -0.1) is 0 Å². The minimum atomic E-state index is -0.539. The Morgan fingerprint density at radius 2 is 2.20 bits per heavy atom. The van der Waals surface area contributed by atoms with E-state index in [4.69, 9.17) is 4.74 Å². The van der Waals surface area contributed by atoms with E-state index in [1.807, 2.05) is 50.2 Å². The number of nitriles is 1. The summed E-state index contributed by atoms with van der Waals surface area (Å²) in [5.41, 5.74) is 0.558. The van der Waals surface area contributed by atoms with Crippen LogP contribution in [0.4, 0.5) is 5.69 Å². The fraction of sp³-hybridized carbons (Fsp3) is 0.562. The average Bonchev–Trinajstić information content (AvgIpc) is 3.29. The molecule has 1 aromatic carbocycles. The molecule has 1 aliphatic rings. The Labute approximate surface area is 121 Å². The number of nitrogens with zero attached hydrogens (tertiary/aromatic N) is 2. The normalized spacial score (nSPS) is 17.1. The minimum Gasteiger partial charge on any atom is -0.490 e. The second-order valence-corrected chi connectivity index (χ2v) is 5.57. The van der Waals surface area contributed by atoms with Gasteiger partial charge in [-0.05, 0) is 37.4 Å². The zero-order valence-corrected chi connectivity index (χ0v) is 12.5. The summed E-state index contributed by atoms with van der Waals surface area (Å²) in [5.74, 6) is 1.24. The first-order valence-corrected chi connectivity index (χ1v) is 7.18. The quantitative estimate of drug-likeness (QED) is 0.829. The van der Waals surface area contributed by atoms with Crippen LogP contribution in [0.5, 0.6) is 5.75 Å². The highest BCUT2D eigenvalue weighted by Crippen LogP contribution is 2.39. The third-order valence-corrected chi connectivity index (χ3v) is 3.77. The molecule has 0 amide bonds. The van der Waals surface area contributed by atoms with Gasteiger partial charge in [-0.25, -0.2) is 0 Å². The lowest BCUT2D eigenvalue weighted by Crippen LogP contribution is -2.50. The topological polar surface area (TPSA) is 48.3 Å². The predicted octanol–water partition coefficient (Wildman–Crippen LogP) is 2.41. The molecule has 1 unspecified atom stereocenters. The Morgan fingerprint density at radius 1 is 1.45 bits per heavy atom. The second kappa shape index (κ2) is 6.15. The zero-order valence-electron chi connectivity index (χ0n) is 12.5. The molecule has 1 aromatic rings. The minimum absolute atomic E-state index is 0.402. The molecule has 4 nitrogen and oxygen atoms in total. The van der Waals surface area contributed by atoms with Crippen molar-refractivity contribution in [2.45, 2.75) is 25.3 Å². The van der Waals surface area contributed by atoms with Gasteiger partial charge in [0.2, 0.25) is 0 Å². The number of ether oxygens (including phenoxy) is 1. The van der Waals surface area contributed by atoms with Gasteiger partial charge in [0.15, 0.2) is 0 Å². The summed E-state index contributed by atoms with van der Waals surface area (Å²) < 4.78 is 5.90. The summed E-state index contributed by atoms with van der Waals surface area (Å²) in [4.78, 5) is 2.04. The van der Waals surface area contributed by atoms with E-state index < -0.39 is 5.54 Å². The number of anilines is 1. The van der Waals surface area contributed by atoms with E-state index in [9.17, 15) is 5.26 Å². The lowest BCUT2D eigenvalue weighted by molar-refractivity contribution is 0.204. The Morgan fingerprint density at radius 3 is 2.75 bits per heavy atom. The lowest BCUT2D eigenvalue weighted by atomic mass is 9.96. The van der Waals surface area contributed by atoms with Crippen LogP contribution < -0.4 is 15.0 Å². The van der Waals surface area contributed by atoms with Crippen LogP contribution >= 0.6 is 0 Å². The molecule has 0 bridgehead atoms. The second-order valence-electron chi connectivity index (χ2n) is 5.57. The van der Waals surface area contributed by atoms with Crippen molar-refractivity contribution >= 4 is 5.69 Å². The van der Waals surface area contributed by atoms with Crippen LogP contribution in [0.15, 0.2) is 24.3 Å². The van der Waals surface area contributed by atoms with Gasteiger partial charge >= 0.3 is 0 Å². The molecule has 0 aliphatic heterocycles. The molecule has 0 spiro atoms. The zero-order chi connectivity index (χ0) is 14.6. The van der Waals surface area contributed by atoms with E-state index in [0.717, 1.165) is 30.8 Å².